The van der Waals surface area contributed by atoms with Gasteiger partial charge < -0.3 is 20.5 Å². The van der Waals surface area contributed by atoms with E-state index in [0.29, 0.717) is 32.1 Å². The van der Waals surface area contributed by atoms with Gasteiger partial charge in [-0.1, -0.05) is 0 Å². The third-order valence-corrected chi connectivity index (χ3v) is 9.08. The number of halogens is 3. The highest BCUT2D eigenvalue weighted by molar-refractivity contribution is 6.21. The first-order valence-corrected chi connectivity index (χ1v) is 12.8. The highest BCUT2D eigenvalue weighted by atomic mass is 35.5. The topological polar surface area (TPSA) is 87.7 Å². The van der Waals surface area contributed by atoms with Crippen molar-refractivity contribution in [1.82, 2.24) is 10.6 Å². The van der Waals surface area contributed by atoms with Gasteiger partial charge in [-0.05, 0) is 70.6 Å². The fraction of sp³-hybridized carbons (Fsp3) is 0.913. The number of rotatable bonds is 8. The van der Waals surface area contributed by atoms with Crippen molar-refractivity contribution in [2.45, 2.75) is 105 Å². The molecule has 182 valence electrons. The van der Waals surface area contributed by atoms with Crippen molar-refractivity contribution < 1.29 is 23.8 Å². The SMILES string of the molecule is CC(O)(CNC(=O)C12CC(NC(=O)COC3CCC(Cl)C(F)C3)(C1)C2)C1CCC(Cl)CC1. The first-order chi connectivity index (χ1) is 15.0. The summed E-state index contributed by atoms with van der Waals surface area (Å²) in [7, 11) is 0. The lowest BCUT2D eigenvalue weighted by atomic mass is 9.39. The Kier molecular flexibility index (Phi) is 7.04. The molecule has 5 saturated carbocycles. The van der Waals surface area contributed by atoms with Gasteiger partial charge in [-0.2, -0.15) is 0 Å². The zero-order valence-corrected chi connectivity index (χ0v) is 20.2. The molecule has 2 bridgehead atoms. The number of hydrogen-bond donors (Lipinski definition) is 3. The summed E-state index contributed by atoms with van der Waals surface area (Å²) >= 11 is 12.0. The molecule has 5 fully saturated rings. The van der Waals surface area contributed by atoms with Crippen LogP contribution in [0.4, 0.5) is 4.39 Å². The number of amides is 2. The Bertz CT molecular complexity index is 709. The van der Waals surface area contributed by atoms with E-state index in [2.05, 4.69) is 10.6 Å². The van der Waals surface area contributed by atoms with Gasteiger partial charge in [0, 0.05) is 23.9 Å². The molecule has 0 radical (unpaired) electrons. The first-order valence-electron chi connectivity index (χ1n) is 11.9. The van der Waals surface area contributed by atoms with Crippen LogP contribution >= 0.6 is 23.2 Å². The summed E-state index contributed by atoms with van der Waals surface area (Å²) in [4.78, 5) is 25.1. The number of carbonyl (C=O) groups is 2. The van der Waals surface area contributed by atoms with Crippen LogP contribution in [0.3, 0.4) is 0 Å². The van der Waals surface area contributed by atoms with Gasteiger partial charge in [-0.15, -0.1) is 23.2 Å². The molecule has 0 aromatic carbocycles. The molecule has 6 nitrogen and oxygen atoms in total. The Morgan fingerprint density at radius 1 is 1.12 bits per heavy atom. The molecule has 0 saturated heterocycles. The molecule has 0 aromatic rings. The number of aliphatic hydroxyl groups is 1. The van der Waals surface area contributed by atoms with Crippen molar-refractivity contribution in [2.24, 2.45) is 11.3 Å². The highest BCUT2D eigenvalue weighted by Crippen LogP contribution is 2.67. The average molecular weight is 493 g/mol. The second-order valence-corrected chi connectivity index (χ2v) is 12.1. The minimum absolute atomic E-state index is 0.0389. The first kappa shape index (κ1) is 24.5. The van der Waals surface area contributed by atoms with Gasteiger partial charge >= 0.3 is 0 Å². The van der Waals surface area contributed by atoms with E-state index in [-0.39, 0.29) is 54.3 Å². The van der Waals surface area contributed by atoms with E-state index in [9.17, 15) is 19.1 Å². The van der Waals surface area contributed by atoms with E-state index in [0.717, 1.165) is 25.7 Å². The molecule has 5 aliphatic carbocycles. The predicted molar refractivity (Wildman–Crippen MR) is 121 cm³/mol. The molecule has 32 heavy (non-hydrogen) atoms. The smallest absolute Gasteiger partial charge is 0.246 e. The van der Waals surface area contributed by atoms with Crippen LogP contribution in [0.2, 0.25) is 0 Å². The maximum atomic E-state index is 13.7. The fourth-order valence-electron chi connectivity index (χ4n) is 6.15. The van der Waals surface area contributed by atoms with Gasteiger partial charge in [0.25, 0.3) is 0 Å². The summed E-state index contributed by atoms with van der Waals surface area (Å²) in [6, 6.07) is 0. The van der Waals surface area contributed by atoms with Crippen LogP contribution in [0.5, 0.6) is 0 Å². The van der Waals surface area contributed by atoms with Gasteiger partial charge in [0.05, 0.1) is 22.5 Å². The molecule has 3 N–H and O–H groups in total. The summed E-state index contributed by atoms with van der Waals surface area (Å²) in [6.07, 6.45) is 5.45. The third kappa shape index (κ3) is 5.06. The van der Waals surface area contributed by atoms with Crippen molar-refractivity contribution in [2.75, 3.05) is 13.2 Å². The van der Waals surface area contributed by atoms with Gasteiger partial charge in [-0.25, -0.2) is 4.39 Å². The van der Waals surface area contributed by atoms with Crippen LogP contribution < -0.4 is 10.6 Å². The number of carbonyl (C=O) groups excluding carboxylic acids is 2. The molecular weight excluding hydrogens is 458 g/mol. The normalized spacial score (nSPS) is 42.7. The maximum absolute atomic E-state index is 13.7. The minimum Gasteiger partial charge on any atom is -0.388 e. The molecule has 4 unspecified atom stereocenters. The highest BCUT2D eigenvalue weighted by Gasteiger charge is 2.72. The average Bonchev–Trinajstić information content (AvgIpc) is 2.69. The second kappa shape index (κ2) is 9.20. The van der Waals surface area contributed by atoms with Gasteiger partial charge in [0.2, 0.25) is 11.8 Å². The standard InChI is InChI=1S/C23H35Cl2FN2O4/c1-21(31,14-2-4-15(24)5-3-14)13-27-20(30)22-10-23(11-22,12-22)28-19(29)9-32-16-6-7-17(25)18(26)8-16/h14-18,31H,2-13H2,1H3,(H,27,30)(H,28,29). The van der Waals surface area contributed by atoms with Crippen LogP contribution in [-0.2, 0) is 14.3 Å². The molecule has 5 aliphatic rings. The molecular formula is C23H35Cl2FN2O4. The number of ether oxygens (including phenoxy) is 1. The third-order valence-electron chi connectivity index (χ3n) is 8.15. The van der Waals surface area contributed by atoms with Crippen molar-refractivity contribution in [3.63, 3.8) is 0 Å². The molecule has 5 rings (SSSR count). The number of hydrogen-bond acceptors (Lipinski definition) is 4. The number of nitrogens with one attached hydrogen (secondary N) is 2. The minimum atomic E-state index is -1.09. The van der Waals surface area contributed by atoms with Gasteiger partial charge in [0.1, 0.15) is 12.8 Å². The van der Waals surface area contributed by atoms with E-state index in [1.807, 2.05) is 0 Å². The lowest BCUT2D eigenvalue weighted by Gasteiger charge is -2.69. The van der Waals surface area contributed by atoms with E-state index < -0.39 is 22.6 Å². The maximum Gasteiger partial charge on any atom is 0.246 e. The number of alkyl halides is 3. The summed E-state index contributed by atoms with van der Waals surface area (Å²) in [5.41, 5.74) is -1.70. The van der Waals surface area contributed by atoms with E-state index >= 15 is 0 Å². The van der Waals surface area contributed by atoms with E-state index in [4.69, 9.17) is 27.9 Å². The van der Waals surface area contributed by atoms with Crippen molar-refractivity contribution in [3.8, 4) is 0 Å². The predicted octanol–water partition coefficient (Wildman–Crippen LogP) is 3.20. The quantitative estimate of drug-likeness (QED) is 0.454. The Balaban J connectivity index is 1.15. The zero-order chi connectivity index (χ0) is 23.1. The van der Waals surface area contributed by atoms with E-state index in [1.54, 1.807) is 6.92 Å². The fourth-order valence-corrected chi connectivity index (χ4v) is 6.63. The van der Waals surface area contributed by atoms with Crippen LogP contribution in [0.15, 0.2) is 0 Å². The van der Waals surface area contributed by atoms with Crippen molar-refractivity contribution in [1.29, 1.82) is 0 Å². The van der Waals surface area contributed by atoms with Crippen molar-refractivity contribution >= 4 is 35.0 Å². The largest absolute Gasteiger partial charge is 0.388 e. The lowest BCUT2D eigenvalue weighted by Crippen LogP contribution is -2.78. The van der Waals surface area contributed by atoms with Crippen LogP contribution in [0, 0.1) is 11.3 Å². The Morgan fingerprint density at radius 3 is 2.41 bits per heavy atom. The Morgan fingerprint density at radius 2 is 1.78 bits per heavy atom. The lowest BCUT2D eigenvalue weighted by molar-refractivity contribution is -0.185. The van der Waals surface area contributed by atoms with Crippen molar-refractivity contribution in [3.05, 3.63) is 0 Å². The summed E-state index contributed by atoms with van der Waals surface area (Å²) in [6.45, 7) is 1.93. The Hall–Kier alpha value is -0.630. The second-order valence-electron chi connectivity index (χ2n) is 10.9. The summed E-state index contributed by atoms with van der Waals surface area (Å²) in [5.74, 6) is -0.119. The van der Waals surface area contributed by atoms with Crippen LogP contribution in [-0.4, -0.2) is 64.2 Å². The Labute approximate surface area is 199 Å². The molecule has 0 aromatic heterocycles. The van der Waals surface area contributed by atoms with Crippen LogP contribution in [0.25, 0.3) is 0 Å². The molecule has 2 amide bonds. The zero-order valence-electron chi connectivity index (χ0n) is 18.7. The van der Waals surface area contributed by atoms with Gasteiger partial charge in [-0.3, -0.25) is 9.59 Å². The summed E-state index contributed by atoms with van der Waals surface area (Å²) < 4.78 is 19.3. The van der Waals surface area contributed by atoms with Crippen LogP contribution in [0.1, 0.15) is 71.1 Å². The molecule has 4 atom stereocenters. The monoisotopic (exact) mass is 492 g/mol. The molecule has 9 heteroatoms. The summed E-state index contributed by atoms with van der Waals surface area (Å²) in [5, 5.41) is 16.5. The van der Waals surface area contributed by atoms with Gasteiger partial charge in [0.15, 0.2) is 0 Å². The molecule has 0 aliphatic heterocycles. The van der Waals surface area contributed by atoms with E-state index in [1.165, 1.54) is 0 Å². The molecule has 0 spiro atoms. The molecule has 0 heterocycles.